The third-order valence-corrected chi connectivity index (χ3v) is 3.45. The van der Waals surface area contributed by atoms with Crippen LogP contribution in [0.3, 0.4) is 0 Å². The average Bonchev–Trinajstić information content (AvgIpc) is 2.45. The first-order valence-corrected chi connectivity index (χ1v) is 6.98. The highest BCUT2D eigenvalue weighted by molar-refractivity contribution is 6.31. The van der Waals surface area contributed by atoms with E-state index in [0.717, 1.165) is 5.69 Å². The molecule has 2 aromatic rings. The van der Waals surface area contributed by atoms with Gasteiger partial charge in [-0.25, -0.2) is 9.78 Å². The Morgan fingerprint density at radius 1 is 1.24 bits per heavy atom. The van der Waals surface area contributed by atoms with Gasteiger partial charge in [0.2, 0.25) is 5.88 Å². The van der Waals surface area contributed by atoms with Gasteiger partial charge in [-0.15, -0.1) is 0 Å². The molecule has 6 heteroatoms. The number of benzene rings is 1. The largest absolute Gasteiger partial charge is 0.470 e. The van der Waals surface area contributed by atoms with E-state index in [1.54, 1.807) is 23.2 Å². The molecule has 1 fully saturated rings. The van der Waals surface area contributed by atoms with Crippen LogP contribution in [0.2, 0.25) is 5.02 Å². The molecule has 3 rings (SSSR count). The molecule has 0 radical (unpaired) electrons. The van der Waals surface area contributed by atoms with Crippen molar-refractivity contribution in [1.82, 2.24) is 9.88 Å². The monoisotopic (exact) mass is 303 g/mol. The number of urea groups is 1. The number of hydrogen-bond acceptors (Lipinski definition) is 3. The minimum absolute atomic E-state index is 0.0704. The first-order valence-electron chi connectivity index (χ1n) is 6.60. The smallest absolute Gasteiger partial charge is 0.322 e. The number of carbonyl (C=O) groups is 1. The van der Waals surface area contributed by atoms with Gasteiger partial charge in [0.15, 0.2) is 0 Å². The molecule has 1 saturated heterocycles. The van der Waals surface area contributed by atoms with Crippen molar-refractivity contribution in [3.63, 3.8) is 0 Å². The standard InChI is InChI=1S/C15H14ClN3O2/c16-13-7-4-8-17-14(13)21-12-9-19(10-12)15(20)18-11-5-2-1-3-6-11/h1-8,12H,9-10H2,(H,18,20). The van der Waals surface area contributed by atoms with Crippen LogP contribution in [-0.4, -0.2) is 35.1 Å². The van der Waals surface area contributed by atoms with Gasteiger partial charge >= 0.3 is 6.03 Å². The Labute approximate surface area is 127 Å². The summed E-state index contributed by atoms with van der Waals surface area (Å²) in [5.74, 6) is 0.410. The number of aromatic nitrogens is 1. The molecular weight excluding hydrogens is 290 g/mol. The summed E-state index contributed by atoms with van der Waals surface area (Å²) < 4.78 is 5.65. The zero-order valence-corrected chi connectivity index (χ0v) is 12.0. The van der Waals surface area contributed by atoms with E-state index in [0.29, 0.717) is 24.0 Å². The first-order chi connectivity index (χ1) is 10.2. The molecule has 1 aromatic carbocycles. The van der Waals surface area contributed by atoms with Crippen molar-refractivity contribution in [2.45, 2.75) is 6.10 Å². The maximum absolute atomic E-state index is 12.0. The van der Waals surface area contributed by atoms with Crippen molar-refractivity contribution in [1.29, 1.82) is 0 Å². The number of nitrogens with one attached hydrogen (secondary N) is 1. The van der Waals surface area contributed by atoms with E-state index in [-0.39, 0.29) is 12.1 Å². The molecule has 2 heterocycles. The van der Waals surface area contributed by atoms with Gasteiger partial charge in [0.05, 0.1) is 13.1 Å². The second-order valence-electron chi connectivity index (χ2n) is 4.73. The SMILES string of the molecule is O=C(Nc1ccccc1)N1CC(Oc2ncccc2Cl)C1. The van der Waals surface area contributed by atoms with Crippen LogP contribution in [0.25, 0.3) is 0 Å². The topological polar surface area (TPSA) is 54.5 Å². The predicted molar refractivity (Wildman–Crippen MR) is 80.7 cm³/mol. The summed E-state index contributed by atoms with van der Waals surface area (Å²) in [6, 6.07) is 12.7. The zero-order valence-electron chi connectivity index (χ0n) is 11.2. The van der Waals surface area contributed by atoms with Gasteiger partial charge in [0.25, 0.3) is 0 Å². The predicted octanol–water partition coefficient (Wildman–Crippen LogP) is 3.03. The van der Waals surface area contributed by atoms with Crippen LogP contribution in [0.15, 0.2) is 48.7 Å². The number of amides is 2. The molecule has 108 valence electrons. The highest BCUT2D eigenvalue weighted by atomic mass is 35.5. The lowest BCUT2D eigenvalue weighted by atomic mass is 10.2. The van der Waals surface area contributed by atoms with E-state index in [1.807, 2.05) is 30.3 Å². The van der Waals surface area contributed by atoms with Crippen LogP contribution in [-0.2, 0) is 0 Å². The second kappa shape index (κ2) is 6.01. The Kier molecular flexibility index (Phi) is 3.92. The van der Waals surface area contributed by atoms with Crippen LogP contribution in [0.5, 0.6) is 5.88 Å². The summed E-state index contributed by atoms with van der Waals surface area (Å²) in [7, 11) is 0. The second-order valence-corrected chi connectivity index (χ2v) is 5.14. The normalized spacial score (nSPS) is 14.4. The Bertz CT molecular complexity index is 630. The number of likely N-dealkylation sites (tertiary alicyclic amines) is 1. The Balaban J connectivity index is 1.49. The van der Waals surface area contributed by atoms with Gasteiger partial charge in [0.1, 0.15) is 11.1 Å². The van der Waals surface area contributed by atoms with Gasteiger partial charge in [-0.05, 0) is 24.3 Å². The van der Waals surface area contributed by atoms with Crippen molar-refractivity contribution in [3.05, 3.63) is 53.7 Å². The number of rotatable bonds is 3. The molecule has 0 aliphatic carbocycles. The lowest BCUT2D eigenvalue weighted by molar-refractivity contribution is 0.0462. The quantitative estimate of drug-likeness (QED) is 0.948. The van der Waals surface area contributed by atoms with Gasteiger partial charge in [-0.1, -0.05) is 29.8 Å². The van der Waals surface area contributed by atoms with Gasteiger partial charge < -0.3 is 15.0 Å². The van der Waals surface area contributed by atoms with E-state index in [2.05, 4.69) is 10.3 Å². The minimum atomic E-state index is -0.131. The molecule has 5 nitrogen and oxygen atoms in total. The lowest BCUT2D eigenvalue weighted by Crippen LogP contribution is -2.57. The van der Waals surface area contributed by atoms with Crippen molar-refractivity contribution >= 4 is 23.3 Å². The van der Waals surface area contributed by atoms with Crippen LogP contribution in [0, 0.1) is 0 Å². The number of carbonyl (C=O) groups excluding carboxylic acids is 1. The fraction of sp³-hybridized carbons (Fsp3) is 0.200. The molecule has 0 bridgehead atoms. The number of para-hydroxylation sites is 1. The third kappa shape index (κ3) is 3.25. The lowest BCUT2D eigenvalue weighted by Gasteiger charge is -2.38. The fourth-order valence-electron chi connectivity index (χ4n) is 2.02. The van der Waals surface area contributed by atoms with Crippen LogP contribution < -0.4 is 10.1 Å². The number of ether oxygens (including phenoxy) is 1. The molecule has 1 aliphatic heterocycles. The molecular formula is C15H14ClN3O2. The molecule has 21 heavy (non-hydrogen) atoms. The van der Waals surface area contributed by atoms with Gasteiger partial charge in [0, 0.05) is 11.9 Å². The summed E-state index contributed by atoms with van der Waals surface area (Å²) in [5.41, 5.74) is 0.777. The highest BCUT2D eigenvalue weighted by Gasteiger charge is 2.33. The minimum Gasteiger partial charge on any atom is -0.470 e. The Hall–Kier alpha value is -2.27. The Morgan fingerprint density at radius 3 is 2.71 bits per heavy atom. The summed E-state index contributed by atoms with van der Waals surface area (Å²) in [5, 5.41) is 3.31. The summed E-state index contributed by atoms with van der Waals surface area (Å²) in [6.07, 6.45) is 1.55. The van der Waals surface area contributed by atoms with Crippen molar-refractivity contribution in [2.75, 3.05) is 18.4 Å². The van der Waals surface area contributed by atoms with Crippen LogP contribution >= 0.6 is 11.6 Å². The molecule has 1 N–H and O–H groups in total. The van der Waals surface area contributed by atoms with Crippen molar-refractivity contribution in [3.8, 4) is 5.88 Å². The van der Waals surface area contributed by atoms with Gasteiger partial charge in [-0.3, -0.25) is 0 Å². The molecule has 2 amide bonds. The number of nitrogens with zero attached hydrogens (tertiary/aromatic N) is 2. The summed E-state index contributed by atoms with van der Waals surface area (Å²) >= 11 is 5.98. The van der Waals surface area contributed by atoms with E-state index >= 15 is 0 Å². The van der Waals surface area contributed by atoms with Gasteiger partial charge in [-0.2, -0.15) is 0 Å². The molecule has 0 spiro atoms. The zero-order chi connectivity index (χ0) is 14.7. The van der Waals surface area contributed by atoms with Crippen molar-refractivity contribution in [2.24, 2.45) is 0 Å². The van der Waals surface area contributed by atoms with Crippen molar-refractivity contribution < 1.29 is 9.53 Å². The molecule has 0 saturated carbocycles. The molecule has 0 atom stereocenters. The molecule has 1 aliphatic rings. The summed E-state index contributed by atoms with van der Waals surface area (Å²) in [4.78, 5) is 17.7. The van der Waals surface area contributed by atoms with Crippen LogP contribution in [0.1, 0.15) is 0 Å². The number of anilines is 1. The van der Waals surface area contributed by atoms with Crippen LogP contribution in [0.4, 0.5) is 10.5 Å². The fourth-order valence-corrected chi connectivity index (χ4v) is 2.18. The van der Waals surface area contributed by atoms with E-state index in [4.69, 9.17) is 16.3 Å². The number of hydrogen-bond donors (Lipinski definition) is 1. The first kappa shape index (κ1) is 13.7. The maximum atomic E-state index is 12.0. The third-order valence-electron chi connectivity index (χ3n) is 3.16. The molecule has 0 unspecified atom stereocenters. The molecule has 1 aromatic heterocycles. The van der Waals surface area contributed by atoms with E-state index in [1.165, 1.54) is 0 Å². The summed E-state index contributed by atoms with van der Waals surface area (Å²) in [6.45, 7) is 1.04. The Morgan fingerprint density at radius 2 is 2.00 bits per heavy atom. The highest BCUT2D eigenvalue weighted by Crippen LogP contribution is 2.24. The van der Waals surface area contributed by atoms with E-state index in [9.17, 15) is 4.79 Å². The number of pyridine rings is 1. The number of halogens is 1. The van der Waals surface area contributed by atoms with E-state index < -0.39 is 0 Å². The average molecular weight is 304 g/mol. The maximum Gasteiger partial charge on any atom is 0.322 e.